The van der Waals surface area contributed by atoms with E-state index in [1.165, 1.54) is 0 Å². The second-order valence-electron chi connectivity index (χ2n) is 9.15. The van der Waals surface area contributed by atoms with Gasteiger partial charge in [-0.3, -0.25) is 4.90 Å². The topological polar surface area (TPSA) is 69.0 Å². The van der Waals surface area contributed by atoms with Crippen molar-refractivity contribution in [2.45, 2.75) is 51.3 Å². The van der Waals surface area contributed by atoms with Gasteiger partial charge >= 0.3 is 0 Å². The minimum atomic E-state index is -0.535. The Morgan fingerprint density at radius 1 is 1.11 bits per heavy atom. The summed E-state index contributed by atoms with van der Waals surface area (Å²) >= 11 is 0. The molecule has 2 aromatic carbocycles. The van der Waals surface area contributed by atoms with Gasteiger partial charge in [0.2, 0.25) is 5.88 Å². The molecule has 0 bridgehead atoms. The first-order valence-corrected chi connectivity index (χ1v) is 12.5. The summed E-state index contributed by atoms with van der Waals surface area (Å²) in [5.74, 6) is 2.12. The molecule has 0 unspecified atom stereocenters. The van der Waals surface area contributed by atoms with Crippen LogP contribution in [-0.4, -0.2) is 58.8 Å². The molecule has 188 valence electrons. The van der Waals surface area contributed by atoms with Gasteiger partial charge in [-0.25, -0.2) is 4.68 Å². The van der Waals surface area contributed by atoms with Crippen LogP contribution < -0.4 is 9.47 Å². The van der Waals surface area contributed by atoms with Crippen molar-refractivity contribution in [3.05, 3.63) is 60.2 Å². The molecule has 4 rings (SSSR count). The first kappa shape index (κ1) is 25.2. The number of unbranched alkanes of at least 4 members (excludes halogenated alkanes) is 1. The number of hydrogen-bond acceptors (Lipinski definition) is 6. The lowest BCUT2D eigenvalue weighted by atomic mass is 10.1. The Balaban J connectivity index is 1.60. The Hall–Kier alpha value is -2.87. The maximum Gasteiger partial charge on any atom is 0.222 e. The zero-order valence-corrected chi connectivity index (χ0v) is 21.0. The normalized spacial score (nSPS) is 14.3. The van der Waals surface area contributed by atoms with Gasteiger partial charge in [0.1, 0.15) is 17.2 Å². The van der Waals surface area contributed by atoms with Crippen molar-refractivity contribution in [2.75, 3.05) is 26.9 Å². The first-order chi connectivity index (χ1) is 17.1. The largest absolute Gasteiger partial charge is 0.497 e. The molecule has 0 radical (unpaired) electrons. The number of aliphatic hydroxyl groups is 1. The van der Waals surface area contributed by atoms with E-state index in [-0.39, 0.29) is 0 Å². The summed E-state index contributed by atoms with van der Waals surface area (Å²) in [6, 6.07) is 18.2. The van der Waals surface area contributed by atoms with Gasteiger partial charge in [-0.2, -0.15) is 5.10 Å². The molecule has 0 spiro atoms. The molecular formula is C28H37N3O4. The maximum atomic E-state index is 10.7. The standard InChI is InChI=1S/C28H37N3O4/c1-4-5-16-34-20-23(32)18-31(22-14-15-22)19-26-27(21-10-7-6-8-11-21)29-30(2)28(26)35-25-13-9-12-24(17-25)33-3/h6-13,17,22-23,32H,4-5,14-16,18-20H2,1-3H3/t23-/m0/s1. The highest BCUT2D eigenvalue weighted by molar-refractivity contribution is 5.65. The fourth-order valence-electron chi connectivity index (χ4n) is 4.20. The molecule has 35 heavy (non-hydrogen) atoms. The Bertz CT molecular complexity index is 1070. The first-order valence-electron chi connectivity index (χ1n) is 12.5. The van der Waals surface area contributed by atoms with E-state index < -0.39 is 6.10 Å². The summed E-state index contributed by atoms with van der Waals surface area (Å²) in [5.41, 5.74) is 2.94. The quantitative estimate of drug-likeness (QED) is 0.327. The monoisotopic (exact) mass is 479 g/mol. The molecule has 1 atom stereocenters. The molecule has 1 saturated carbocycles. The van der Waals surface area contributed by atoms with Crippen molar-refractivity contribution in [1.29, 1.82) is 0 Å². The smallest absolute Gasteiger partial charge is 0.222 e. The maximum absolute atomic E-state index is 10.7. The van der Waals surface area contributed by atoms with E-state index in [0.717, 1.165) is 48.3 Å². The molecule has 1 aliphatic rings. The van der Waals surface area contributed by atoms with Crippen LogP contribution in [0.2, 0.25) is 0 Å². The lowest BCUT2D eigenvalue weighted by Crippen LogP contribution is -2.36. The number of ether oxygens (including phenoxy) is 3. The van der Waals surface area contributed by atoms with Crippen LogP contribution >= 0.6 is 0 Å². The number of aromatic nitrogens is 2. The molecule has 1 aromatic heterocycles. The highest BCUT2D eigenvalue weighted by atomic mass is 16.5. The molecule has 0 aliphatic heterocycles. The average molecular weight is 480 g/mol. The summed E-state index contributed by atoms with van der Waals surface area (Å²) in [6.07, 6.45) is 3.84. The SMILES string of the molecule is CCCCOC[C@@H](O)CN(Cc1c(-c2ccccc2)nn(C)c1Oc1cccc(OC)c1)C1CC1. The molecule has 3 aromatic rings. The Labute approximate surface area is 208 Å². The number of hydrogen-bond donors (Lipinski definition) is 1. The van der Waals surface area contributed by atoms with Crippen LogP contribution in [0, 0.1) is 0 Å². The van der Waals surface area contributed by atoms with Gasteiger partial charge in [0, 0.05) is 44.4 Å². The van der Waals surface area contributed by atoms with Gasteiger partial charge in [-0.05, 0) is 31.4 Å². The van der Waals surface area contributed by atoms with E-state index in [9.17, 15) is 5.11 Å². The van der Waals surface area contributed by atoms with Gasteiger partial charge in [0.05, 0.1) is 25.4 Å². The van der Waals surface area contributed by atoms with Crippen LogP contribution in [0.4, 0.5) is 0 Å². The third-order valence-corrected chi connectivity index (χ3v) is 6.21. The van der Waals surface area contributed by atoms with Crippen molar-refractivity contribution in [3.63, 3.8) is 0 Å². The third kappa shape index (κ3) is 6.84. The summed E-state index contributed by atoms with van der Waals surface area (Å²) in [6.45, 7) is 4.37. The molecule has 1 aliphatic carbocycles. The predicted octanol–water partition coefficient (Wildman–Crippen LogP) is 5.03. The summed E-state index contributed by atoms with van der Waals surface area (Å²) in [5, 5.41) is 15.5. The van der Waals surface area contributed by atoms with Crippen molar-refractivity contribution in [2.24, 2.45) is 7.05 Å². The third-order valence-electron chi connectivity index (χ3n) is 6.21. The molecule has 1 fully saturated rings. The number of aryl methyl sites for hydroxylation is 1. The highest BCUT2D eigenvalue weighted by Gasteiger charge is 2.33. The van der Waals surface area contributed by atoms with Crippen LogP contribution in [0.15, 0.2) is 54.6 Å². The van der Waals surface area contributed by atoms with Gasteiger partial charge in [0.25, 0.3) is 0 Å². The summed E-state index contributed by atoms with van der Waals surface area (Å²) < 4.78 is 19.2. The van der Waals surface area contributed by atoms with E-state index in [0.29, 0.717) is 44.0 Å². The minimum Gasteiger partial charge on any atom is -0.497 e. The number of benzene rings is 2. The predicted molar refractivity (Wildman–Crippen MR) is 137 cm³/mol. The molecule has 0 amide bonds. The zero-order valence-electron chi connectivity index (χ0n) is 21.0. The van der Waals surface area contributed by atoms with E-state index in [1.807, 2.05) is 49.5 Å². The van der Waals surface area contributed by atoms with Gasteiger partial charge in [-0.1, -0.05) is 49.7 Å². The number of nitrogens with zero attached hydrogens (tertiary/aromatic N) is 3. The zero-order chi connectivity index (χ0) is 24.6. The van der Waals surface area contributed by atoms with Crippen LogP contribution in [0.1, 0.15) is 38.2 Å². The molecule has 7 nitrogen and oxygen atoms in total. The number of rotatable bonds is 14. The van der Waals surface area contributed by atoms with Crippen LogP contribution in [0.25, 0.3) is 11.3 Å². The second kappa shape index (κ2) is 12.2. The van der Waals surface area contributed by atoms with Gasteiger partial charge in [-0.15, -0.1) is 0 Å². The Morgan fingerprint density at radius 3 is 2.60 bits per heavy atom. The van der Waals surface area contributed by atoms with E-state index >= 15 is 0 Å². The van der Waals surface area contributed by atoms with Gasteiger partial charge in [0.15, 0.2) is 0 Å². The van der Waals surface area contributed by atoms with E-state index in [4.69, 9.17) is 19.3 Å². The van der Waals surface area contributed by atoms with Crippen LogP contribution in [0.3, 0.4) is 0 Å². The summed E-state index contributed by atoms with van der Waals surface area (Å²) in [7, 11) is 3.55. The van der Waals surface area contributed by atoms with Crippen molar-refractivity contribution in [3.8, 4) is 28.6 Å². The number of methoxy groups -OCH3 is 1. The second-order valence-corrected chi connectivity index (χ2v) is 9.15. The Kier molecular flexibility index (Phi) is 8.79. The van der Waals surface area contributed by atoms with Crippen LogP contribution in [-0.2, 0) is 18.3 Å². The highest BCUT2D eigenvalue weighted by Crippen LogP contribution is 2.37. The minimum absolute atomic E-state index is 0.356. The molecular weight excluding hydrogens is 442 g/mol. The van der Waals surface area contributed by atoms with Crippen molar-refractivity contribution >= 4 is 0 Å². The Morgan fingerprint density at radius 2 is 1.89 bits per heavy atom. The van der Waals surface area contributed by atoms with E-state index in [1.54, 1.807) is 11.8 Å². The van der Waals surface area contributed by atoms with Crippen molar-refractivity contribution < 1.29 is 19.3 Å². The fraction of sp³-hybridized carbons (Fsp3) is 0.464. The van der Waals surface area contributed by atoms with E-state index in [2.05, 4.69) is 24.0 Å². The average Bonchev–Trinajstić information content (AvgIpc) is 3.68. The lowest BCUT2D eigenvalue weighted by molar-refractivity contribution is 0.0127. The molecule has 1 heterocycles. The van der Waals surface area contributed by atoms with Crippen molar-refractivity contribution in [1.82, 2.24) is 14.7 Å². The van der Waals surface area contributed by atoms with Gasteiger partial charge < -0.3 is 19.3 Å². The number of aliphatic hydroxyl groups excluding tert-OH is 1. The molecule has 0 saturated heterocycles. The lowest BCUT2D eigenvalue weighted by Gasteiger charge is -2.25. The molecule has 7 heteroatoms. The fourth-order valence-corrected chi connectivity index (χ4v) is 4.20. The summed E-state index contributed by atoms with van der Waals surface area (Å²) in [4.78, 5) is 2.34. The van der Waals surface area contributed by atoms with Crippen LogP contribution in [0.5, 0.6) is 17.4 Å². The molecule has 1 N–H and O–H groups in total.